The van der Waals surface area contributed by atoms with Crippen LogP contribution in [0.3, 0.4) is 0 Å². The number of fused-ring (bicyclic) bond motifs is 3. The molecular formula is C26H25N7O2. The minimum Gasteiger partial charge on any atom is -0.481 e. The van der Waals surface area contributed by atoms with Crippen LogP contribution in [0.2, 0.25) is 0 Å². The minimum atomic E-state index is -0.754. The van der Waals surface area contributed by atoms with Gasteiger partial charge in [0, 0.05) is 46.9 Å². The summed E-state index contributed by atoms with van der Waals surface area (Å²) in [5.74, 6) is -0.712. The van der Waals surface area contributed by atoms with Crippen LogP contribution in [0.4, 0.5) is 0 Å². The maximum absolute atomic E-state index is 12.0. The van der Waals surface area contributed by atoms with Crippen LogP contribution < -0.4 is 0 Å². The highest BCUT2D eigenvalue weighted by Gasteiger charge is 2.40. The Bertz CT molecular complexity index is 1560. The Hall–Kier alpha value is -4.14. The largest absolute Gasteiger partial charge is 0.481 e. The van der Waals surface area contributed by atoms with E-state index in [-0.39, 0.29) is 5.92 Å². The molecule has 1 aliphatic carbocycles. The Kier molecular flexibility index (Phi) is 4.87. The Morgan fingerprint density at radius 1 is 1.17 bits per heavy atom. The van der Waals surface area contributed by atoms with Gasteiger partial charge in [-0.2, -0.15) is 14.7 Å². The summed E-state index contributed by atoms with van der Waals surface area (Å²) in [7, 11) is 0. The van der Waals surface area contributed by atoms with E-state index in [1.807, 2.05) is 44.3 Å². The lowest BCUT2D eigenvalue weighted by atomic mass is 9.69. The van der Waals surface area contributed by atoms with Gasteiger partial charge in [-0.15, -0.1) is 0 Å². The molecule has 6 rings (SSSR count). The molecule has 2 atom stereocenters. The van der Waals surface area contributed by atoms with E-state index in [2.05, 4.69) is 25.3 Å². The van der Waals surface area contributed by atoms with Crippen LogP contribution >= 0.6 is 0 Å². The Morgan fingerprint density at radius 2 is 2.06 bits per heavy atom. The summed E-state index contributed by atoms with van der Waals surface area (Å²) in [6.07, 6.45) is 10.1. The number of aromatic nitrogens is 7. The van der Waals surface area contributed by atoms with Crippen molar-refractivity contribution in [1.82, 2.24) is 34.8 Å². The molecule has 5 aromatic heterocycles. The van der Waals surface area contributed by atoms with Gasteiger partial charge in [0.15, 0.2) is 11.3 Å². The molecule has 5 heterocycles. The Morgan fingerprint density at radius 3 is 2.80 bits per heavy atom. The lowest BCUT2D eigenvalue weighted by molar-refractivity contribution is -0.150. The number of hydrogen-bond donors (Lipinski definition) is 2. The molecule has 1 aliphatic rings. The number of hydrogen-bond acceptors (Lipinski definition) is 6. The molecule has 9 nitrogen and oxygen atoms in total. The molecule has 35 heavy (non-hydrogen) atoms. The molecule has 0 spiro atoms. The van der Waals surface area contributed by atoms with Crippen LogP contribution in [0.25, 0.3) is 39.1 Å². The first-order valence-corrected chi connectivity index (χ1v) is 11.8. The monoisotopic (exact) mass is 467 g/mol. The lowest BCUT2D eigenvalue weighted by Gasteiger charge is -2.34. The van der Waals surface area contributed by atoms with E-state index >= 15 is 0 Å². The van der Waals surface area contributed by atoms with E-state index in [0.29, 0.717) is 24.1 Å². The number of carbonyl (C=O) groups is 1. The average Bonchev–Trinajstić information content (AvgIpc) is 3.48. The smallest absolute Gasteiger partial charge is 0.309 e. The van der Waals surface area contributed by atoms with Crippen LogP contribution in [-0.4, -0.2) is 45.8 Å². The standard InChI is InChI=1S/C26H25N7O2/c1-15-21-22(16-5-3-9-26(2,11-16)25(34)35)30-23-19(14-29-33(23)24(21)32-31-15)17-7-8-20(28-13-17)18-6-4-10-27-12-18/h4,6-8,10,12-14,16H,3,5,9,11H2,1-2H3,(H,31,32)(H,34,35). The number of aromatic amines is 1. The molecule has 0 radical (unpaired) electrons. The quantitative estimate of drug-likeness (QED) is 0.390. The van der Waals surface area contributed by atoms with Crippen LogP contribution in [-0.2, 0) is 4.79 Å². The van der Waals surface area contributed by atoms with Gasteiger partial charge in [-0.25, -0.2) is 4.98 Å². The van der Waals surface area contributed by atoms with Gasteiger partial charge >= 0.3 is 5.97 Å². The summed E-state index contributed by atoms with van der Waals surface area (Å²) >= 11 is 0. The average molecular weight is 468 g/mol. The molecule has 1 fully saturated rings. The number of rotatable bonds is 4. The van der Waals surface area contributed by atoms with Gasteiger partial charge in [-0.3, -0.25) is 19.9 Å². The van der Waals surface area contributed by atoms with E-state index in [1.54, 1.807) is 23.1 Å². The molecule has 0 amide bonds. The molecule has 0 saturated heterocycles. The Balaban J connectivity index is 1.48. The van der Waals surface area contributed by atoms with Crippen molar-refractivity contribution in [1.29, 1.82) is 0 Å². The highest BCUT2D eigenvalue weighted by Crippen LogP contribution is 2.45. The lowest BCUT2D eigenvalue weighted by Crippen LogP contribution is -2.33. The molecule has 0 aromatic carbocycles. The van der Waals surface area contributed by atoms with Gasteiger partial charge in [-0.1, -0.05) is 12.5 Å². The zero-order chi connectivity index (χ0) is 24.2. The fourth-order valence-corrected chi connectivity index (χ4v) is 5.30. The van der Waals surface area contributed by atoms with E-state index in [0.717, 1.165) is 52.0 Å². The molecular weight excluding hydrogens is 442 g/mol. The summed E-state index contributed by atoms with van der Waals surface area (Å²) in [4.78, 5) is 25.9. The fourth-order valence-electron chi connectivity index (χ4n) is 5.30. The van der Waals surface area contributed by atoms with Gasteiger partial charge < -0.3 is 5.11 Å². The predicted octanol–water partition coefficient (Wildman–Crippen LogP) is 4.79. The Labute approximate surface area is 201 Å². The molecule has 2 unspecified atom stereocenters. The van der Waals surface area contributed by atoms with Crippen molar-refractivity contribution in [3.05, 3.63) is 60.4 Å². The van der Waals surface area contributed by atoms with Crippen LogP contribution in [0.1, 0.15) is 49.9 Å². The molecule has 9 heteroatoms. The second-order valence-corrected chi connectivity index (χ2v) is 9.67. The number of pyridine rings is 2. The third-order valence-corrected chi connectivity index (χ3v) is 7.27. The minimum absolute atomic E-state index is 0.0301. The summed E-state index contributed by atoms with van der Waals surface area (Å²) in [6, 6.07) is 7.84. The van der Waals surface area contributed by atoms with E-state index in [9.17, 15) is 9.90 Å². The molecule has 1 saturated carbocycles. The first-order chi connectivity index (χ1) is 16.9. The zero-order valence-electron chi connectivity index (χ0n) is 19.6. The van der Waals surface area contributed by atoms with Gasteiger partial charge in [0.25, 0.3) is 0 Å². The maximum Gasteiger partial charge on any atom is 0.309 e. The van der Waals surface area contributed by atoms with Crippen molar-refractivity contribution in [3.8, 4) is 22.4 Å². The second kappa shape index (κ2) is 7.97. The summed E-state index contributed by atoms with van der Waals surface area (Å²) in [6.45, 7) is 3.82. The van der Waals surface area contributed by atoms with Gasteiger partial charge in [0.2, 0.25) is 0 Å². The van der Waals surface area contributed by atoms with Gasteiger partial charge in [-0.05, 0) is 51.3 Å². The van der Waals surface area contributed by atoms with Crippen LogP contribution in [0.5, 0.6) is 0 Å². The highest BCUT2D eigenvalue weighted by atomic mass is 16.4. The normalized spacial score (nSPS) is 20.5. The number of aryl methyl sites for hydroxylation is 1. The third kappa shape index (κ3) is 3.46. The van der Waals surface area contributed by atoms with E-state index in [4.69, 9.17) is 4.98 Å². The number of carboxylic acid groups (broad SMARTS) is 1. The van der Waals surface area contributed by atoms with Crippen molar-refractivity contribution in [2.75, 3.05) is 0 Å². The molecule has 0 aliphatic heterocycles. The van der Waals surface area contributed by atoms with E-state index < -0.39 is 11.4 Å². The third-order valence-electron chi connectivity index (χ3n) is 7.27. The van der Waals surface area contributed by atoms with Crippen molar-refractivity contribution in [2.45, 2.75) is 45.4 Å². The maximum atomic E-state index is 12.0. The second-order valence-electron chi connectivity index (χ2n) is 9.67. The number of H-pyrrole nitrogens is 1. The SMILES string of the molecule is Cc1[nH]nc2c1c(C1CCCC(C)(C(=O)O)C1)nc1c(-c3ccc(-c4cccnc4)nc3)cnn12. The predicted molar refractivity (Wildman–Crippen MR) is 131 cm³/mol. The van der Waals surface area contributed by atoms with Crippen molar-refractivity contribution < 1.29 is 9.90 Å². The molecule has 0 bridgehead atoms. The molecule has 5 aromatic rings. The van der Waals surface area contributed by atoms with Gasteiger partial charge in [0.1, 0.15) is 0 Å². The molecule has 176 valence electrons. The zero-order valence-corrected chi connectivity index (χ0v) is 19.6. The van der Waals surface area contributed by atoms with Crippen LogP contribution in [0.15, 0.2) is 49.1 Å². The fraction of sp³-hybridized carbons (Fsp3) is 0.308. The van der Waals surface area contributed by atoms with Crippen molar-refractivity contribution >= 4 is 22.6 Å². The summed E-state index contributed by atoms with van der Waals surface area (Å²) in [5.41, 5.74) is 6.00. The molecule has 2 N–H and O–H groups in total. The summed E-state index contributed by atoms with van der Waals surface area (Å²) in [5, 5.41) is 23.0. The number of aliphatic carboxylic acids is 1. The number of carboxylic acids is 1. The first-order valence-electron chi connectivity index (χ1n) is 11.8. The highest BCUT2D eigenvalue weighted by molar-refractivity contribution is 5.87. The number of nitrogens with zero attached hydrogens (tertiary/aromatic N) is 6. The topological polar surface area (TPSA) is 122 Å². The van der Waals surface area contributed by atoms with Crippen molar-refractivity contribution in [3.63, 3.8) is 0 Å². The van der Waals surface area contributed by atoms with Crippen LogP contribution in [0, 0.1) is 12.3 Å². The van der Waals surface area contributed by atoms with Crippen molar-refractivity contribution in [2.24, 2.45) is 5.41 Å². The van der Waals surface area contributed by atoms with E-state index in [1.165, 1.54) is 0 Å². The van der Waals surface area contributed by atoms with Gasteiger partial charge in [0.05, 0.1) is 28.4 Å². The summed E-state index contributed by atoms with van der Waals surface area (Å²) < 4.78 is 1.76. The first kappa shape index (κ1) is 21.4. The number of nitrogens with one attached hydrogen (secondary N) is 1.